The molecular weight excluding hydrogens is 164 g/mol. The molecule has 0 amide bonds. The number of ether oxygens (including phenoxy) is 1. The second kappa shape index (κ2) is 3.97. The highest BCUT2D eigenvalue weighted by atomic mass is 16.5. The lowest BCUT2D eigenvalue weighted by atomic mass is 10.1. The van der Waals surface area contributed by atoms with Crippen LogP contribution in [-0.2, 0) is 4.74 Å². The summed E-state index contributed by atoms with van der Waals surface area (Å²) in [6.45, 7) is 9.06. The van der Waals surface area contributed by atoms with Crippen molar-refractivity contribution in [3.63, 3.8) is 0 Å². The normalized spacial score (nSPS) is 35.3. The first-order valence-electron chi connectivity index (χ1n) is 5.20. The third-order valence-corrected chi connectivity index (χ3v) is 2.62. The van der Waals surface area contributed by atoms with Crippen LogP contribution in [0.15, 0.2) is 0 Å². The van der Waals surface area contributed by atoms with Gasteiger partial charge in [-0.2, -0.15) is 0 Å². The van der Waals surface area contributed by atoms with Crippen LogP contribution in [0, 0.1) is 11.8 Å². The molecule has 2 nitrogen and oxygen atoms in total. The van der Waals surface area contributed by atoms with Gasteiger partial charge in [0, 0.05) is 5.92 Å². The molecule has 2 heteroatoms. The number of aliphatic hydroxyl groups is 1. The largest absolute Gasteiger partial charge is 0.393 e. The molecule has 1 fully saturated rings. The highest BCUT2D eigenvalue weighted by Crippen LogP contribution is 2.31. The quantitative estimate of drug-likeness (QED) is 0.716. The van der Waals surface area contributed by atoms with Gasteiger partial charge in [0.05, 0.1) is 18.3 Å². The van der Waals surface area contributed by atoms with E-state index < -0.39 is 0 Å². The van der Waals surface area contributed by atoms with E-state index in [4.69, 9.17) is 4.74 Å². The summed E-state index contributed by atoms with van der Waals surface area (Å²) in [5.41, 5.74) is -0.0778. The van der Waals surface area contributed by atoms with Gasteiger partial charge in [-0.1, -0.05) is 6.92 Å². The van der Waals surface area contributed by atoms with Crippen LogP contribution < -0.4 is 0 Å². The SMILES string of the molecule is CC1CC(O)C(COC(C)(C)C)C1. The van der Waals surface area contributed by atoms with Crippen LogP contribution in [-0.4, -0.2) is 23.4 Å². The molecule has 0 aromatic carbocycles. The molecule has 0 aromatic heterocycles. The van der Waals surface area contributed by atoms with Crippen molar-refractivity contribution in [3.8, 4) is 0 Å². The van der Waals surface area contributed by atoms with E-state index in [1.807, 2.05) is 0 Å². The molecule has 13 heavy (non-hydrogen) atoms. The number of aliphatic hydroxyl groups excluding tert-OH is 1. The smallest absolute Gasteiger partial charge is 0.0598 e. The Kier molecular flexibility index (Phi) is 3.36. The standard InChI is InChI=1S/C11H22O2/c1-8-5-9(10(12)6-8)7-13-11(2,3)4/h8-10,12H,5-7H2,1-4H3. The molecule has 1 aliphatic rings. The Hall–Kier alpha value is -0.0800. The Morgan fingerprint density at radius 1 is 1.31 bits per heavy atom. The van der Waals surface area contributed by atoms with Crippen LogP contribution in [0.5, 0.6) is 0 Å². The maximum atomic E-state index is 9.68. The van der Waals surface area contributed by atoms with Crippen molar-refractivity contribution in [2.24, 2.45) is 11.8 Å². The van der Waals surface area contributed by atoms with Crippen molar-refractivity contribution >= 4 is 0 Å². The summed E-state index contributed by atoms with van der Waals surface area (Å²) in [6.07, 6.45) is 1.91. The molecule has 3 atom stereocenters. The zero-order valence-corrected chi connectivity index (χ0v) is 9.21. The summed E-state index contributed by atoms with van der Waals surface area (Å²) >= 11 is 0. The van der Waals surface area contributed by atoms with E-state index in [0.29, 0.717) is 18.4 Å². The molecule has 0 heterocycles. The average Bonchev–Trinajstić information content (AvgIpc) is 2.24. The van der Waals surface area contributed by atoms with Gasteiger partial charge in [0.15, 0.2) is 0 Å². The second-order valence-electron chi connectivity index (χ2n) is 5.33. The Bertz CT molecular complexity index is 160. The first kappa shape index (κ1) is 11.0. The van der Waals surface area contributed by atoms with Gasteiger partial charge in [0.2, 0.25) is 0 Å². The molecule has 1 rings (SSSR count). The van der Waals surface area contributed by atoms with Gasteiger partial charge >= 0.3 is 0 Å². The highest BCUT2D eigenvalue weighted by Gasteiger charge is 2.31. The zero-order valence-electron chi connectivity index (χ0n) is 9.21. The molecule has 3 unspecified atom stereocenters. The van der Waals surface area contributed by atoms with Crippen molar-refractivity contribution in [3.05, 3.63) is 0 Å². The first-order chi connectivity index (χ1) is 5.88. The predicted octanol–water partition coefficient (Wildman–Crippen LogP) is 2.21. The molecule has 1 N–H and O–H groups in total. The minimum atomic E-state index is -0.141. The van der Waals surface area contributed by atoms with Crippen molar-refractivity contribution in [2.45, 2.75) is 52.2 Å². The van der Waals surface area contributed by atoms with E-state index in [9.17, 15) is 5.11 Å². The van der Waals surface area contributed by atoms with E-state index in [0.717, 1.165) is 12.8 Å². The summed E-state index contributed by atoms with van der Waals surface area (Å²) in [4.78, 5) is 0. The molecule has 0 aromatic rings. The molecule has 1 aliphatic carbocycles. The van der Waals surface area contributed by atoms with E-state index in [1.165, 1.54) is 0 Å². The minimum Gasteiger partial charge on any atom is -0.393 e. The third kappa shape index (κ3) is 3.65. The summed E-state index contributed by atoms with van der Waals surface area (Å²) in [6, 6.07) is 0. The fourth-order valence-electron chi connectivity index (χ4n) is 1.91. The first-order valence-corrected chi connectivity index (χ1v) is 5.20. The van der Waals surface area contributed by atoms with Gasteiger partial charge in [-0.3, -0.25) is 0 Å². The fourth-order valence-corrected chi connectivity index (χ4v) is 1.91. The maximum Gasteiger partial charge on any atom is 0.0598 e. The van der Waals surface area contributed by atoms with Crippen molar-refractivity contribution < 1.29 is 9.84 Å². The second-order valence-corrected chi connectivity index (χ2v) is 5.33. The van der Waals surface area contributed by atoms with Crippen LogP contribution in [0.25, 0.3) is 0 Å². The lowest BCUT2D eigenvalue weighted by molar-refractivity contribution is -0.0405. The zero-order chi connectivity index (χ0) is 10.1. The molecular formula is C11H22O2. The van der Waals surface area contributed by atoms with E-state index >= 15 is 0 Å². The molecule has 0 radical (unpaired) electrons. The minimum absolute atomic E-state index is 0.0778. The Morgan fingerprint density at radius 2 is 1.92 bits per heavy atom. The monoisotopic (exact) mass is 186 g/mol. The summed E-state index contributed by atoms with van der Waals surface area (Å²) in [5.74, 6) is 1.01. The van der Waals surface area contributed by atoms with Crippen LogP contribution in [0.3, 0.4) is 0 Å². The van der Waals surface area contributed by atoms with Crippen LogP contribution in [0.1, 0.15) is 40.5 Å². The number of rotatable bonds is 2. The highest BCUT2D eigenvalue weighted by molar-refractivity contribution is 4.81. The summed E-state index contributed by atoms with van der Waals surface area (Å²) < 4.78 is 5.67. The Balaban J connectivity index is 2.30. The van der Waals surface area contributed by atoms with Gasteiger partial charge in [0.25, 0.3) is 0 Å². The van der Waals surface area contributed by atoms with Crippen LogP contribution in [0.2, 0.25) is 0 Å². The third-order valence-electron chi connectivity index (χ3n) is 2.62. The van der Waals surface area contributed by atoms with E-state index in [2.05, 4.69) is 27.7 Å². The van der Waals surface area contributed by atoms with Crippen LogP contribution >= 0.6 is 0 Å². The molecule has 78 valence electrons. The lowest BCUT2D eigenvalue weighted by Crippen LogP contribution is -2.26. The fraction of sp³-hybridized carbons (Fsp3) is 1.00. The molecule has 1 saturated carbocycles. The van der Waals surface area contributed by atoms with E-state index in [-0.39, 0.29) is 11.7 Å². The molecule has 0 spiro atoms. The predicted molar refractivity (Wildman–Crippen MR) is 53.6 cm³/mol. The summed E-state index contributed by atoms with van der Waals surface area (Å²) in [7, 11) is 0. The van der Waals surface area contributed by atoms with Gasteiger partial charge in [-0.25, -0.2) is 0 Å². The molecule has 0 saturated heterocycles. The van der Waals surface area contributed by atoms with Gasteiger partial charge in [-0.15, -0.1) is 0 Å². The van der Waals surface area contributed by atoms with Gasteiger partial charge in [0.1, 0.15) is 0 Å². The van der Waals surface area contributed by atoms with Crippen molar-refractivity contribution in [1.82, 2.24) is 0 Å². The van der Waals surface area contributed by atoms with Gasteiger partial charge < -0.3 is 9.84 Å². The molecule has 0 bridgehead atoms. The Labute approximate surface area is 81.3 Å². The van der Waals surface area contributed by atoms with Gasteiger partial charge in [-0.05, 0) is 39.5 Å². The maximum absolute atomic E-state index is 9.68. The Morgan fingerprint density at radius 3 is 2.31 bits per heavy atom. The average molecular weight is 186 g/mol. The number of hydrogen-bond donors (Lipinski definition) is 1. The van der Waals surface area contributed by atoms with Crippen molar-refractivity contribution in [1.29, 1.82) is 0 Å². The molecule has 0 aliphatic heterocycles. The van der Waals surface area contributed by atoms with E-state index in [1.54, 1.807) is 0 Å². The van der Waals surface area contributed by atoms with Crippen molar-refractivity contribution in [2.75, 3.05) is 6.61 Å². The van der Waals surface area contributed by atoms with Crippen LogP contribution in [0.4, 0.5) is 0 Å². The number of hydrogen-bond acceptors (Lipinski definition) is 2. The summed E-state index contributed by atoms with van der Waals surface area (Å²) in [5, 5.41) is 9.68. The lowest BCUT2D eigenvalue weighted by Gasteiger charge is -2.23. The topological polar surface area (TPSA) is 29.5 Å².